The van der Waals surface area contributed by atoms with E-state index >= 15 is 0 Å². The van der Waals surface area contributed by atoms with Gasteiger partial charge >= 0.3 is 5.97 Å². The maximum Gasteiger partial charge on any atom is 0.335 e. The number of carbonyl (C=O) groups excluding carboxylic acids is 2. The predicted molar refractivity (Wildman–Crippen MR) is 131 cm³/mol. The van der Waals surface area contributed by atoms with E-state index in [1.165, 1.54) is 0 Å². The minimum Gasteiger partial charge on any atom is -0.456 e. The fourth-order valence-corrected chi connectivity index (χ4v) is 6.69. The Morgan fingerprint density at radius 1 is 1.17 bits per heavy atom. The van der Waals surface area contributed by atoms with Crippen LogP contribution in [0.5, 0.6) is 0 Å². The Kier molecular flexibility index (Phi) is 7.91. The third-order valence-corrected chi connectivity index (χ3v) is 8.88. The first-order valence-corrected chi connectivity index (χ1v) is 12.9. The van der Waals surface area contributed by atoms with Crippen LogP contribution in [0.4, 0.5) is 0 Å². The van der Waals surface area contributed by atoms with Crippen LogP contribution in [0.1, 0.15) is 68.2 Å². The normalized spacial score (nSPS) is 44.8. The number of aliphatic hydroxyl groups is 5. The molecule has 0 aromatic heterocycles. The van der Waals surface area contributed by atoms with E-state index in [0.717, 1.165) is 0 Å². The van der Waals surface area contributed by atoms with Crippen molar-refractivity contribution in [3.05, 3.63) is 11.1 Å². The van der Waals surface area contributed by atoms with E-state index in [0.29, 0.717) is 11.1 Å². The van der Waals surface area contributed by atoms with Crippen molar-refractivity contribution in [2.24, 2.45) is 28.6 Å². The molecule has 206 valence electrons. The van der Waals surface area contributed by atoms with Crippen LogP contribution in [0.15, 0.2) is 11.1 Å². The van der Waals surface area contributed by atoms with E-state index in [1.54, 1.807) is 34.6 Å². The van der Waals surface area contributed by atoms with Crippen LogP contribution < -0.4 is 0 Å². The molecule has 9 nitrogen and oxygen atoms in total. The first-order valence-electron chi connectivity index (χ1n) is 12.9. The zero-order valence-electron chi connectivity index (χ0n) is 22.7. The van der Waals surface area contributed by atoms with Crippen molar-refractivity contribution in [1.82, 2.24) is 0 Å². The van der Waals surface area contributed by atoms with E-state index in [1.807, 2.05) is 20.8 Å². The number of aliphatic hydroxyl groups excluding tert-OH is 4. The summed E-state index contributed by atoms with van der Waals surface area (Å²) in [5.74, 6) is -3.56. The standard InChI is InChI=1S/C27H44O9/c1-12(2)20(30)24(33)36-16-9-15(28)13(3)22-26(8,17(29)10-18-27(22,34)11-35-18)23(32)21(31)19(14(16)4)25(5,6)7/h12-13,15-18,20-22,28-31,34H,9-11H2,1-8H3/b19-14-/t13?,15?,16?,17?,18?,20?,21?,22?,26-,27?/m1/s1. The third-order valence-electron chi connectivity index (χ3n) is 8.88. The molecule has 3 rings (SSSR count). The Hall–Kier alpha value is -1.36. The second kappa shape index (κ2) is 9.75. The highest BCUT2D eigenvalue weighted by Gasteiger charge is 2.69. The van der Waals surface area contributed by atoms with Crippen LogP contribution >= 0.6 is 0 Å². The van der Waals surface area contributed by atoms with E-state index in [4.69, 9.17) is 9.47 Å². The Morgan fingerprint density at radius 2 is 1.75 bits per heavy atom. The number of carbonyl (C=O) groups is 2. The van der Waals surface area contributed by atoms with Crippen molar-refractivity contribution < 1.29 is 44.6 Å². The SMILES string of the molecule is C/C1=C(/C(C)(C)C)C(O)C(=O)[C@]2(C)C(O)CC3OCC3(O)C2C(C)C(O)CC1OC(=O)C(O)C(C)C. The molecule has 9 heteroatoms. The lowest BCUT2D eigenvalue weighted by Crippen LogP contribution is -2.76. The van der Waals surface area contributed by atoms with Gasteiger partial charge in [0, 0.05) is 18.8 Å². The number of ether oxygens (including phenoxy) is 2. The van der Waals surface area contributed by atoms with Crippen LogP contribution in [0.3, 0.4) is 0 Å². The minimum absolute atomic E-state index is 0.0334. The molecule has 5 N–H and O–H groups in total. The number of hydrogen-bond donors (Lipinski definition) is 5. The van der Waals surface area contributed by atoms with Gasteiger partial charge in [0.25, 0.3) is 0 Å². The summed E-state index contributed by atoms with van der Waals surface area (Å²) in [4.78, 5) is 26.8. The number of fused-ring (bicyclic) bond motifs is 3. The van der Waals surface area contributed by atoms with Crippen molar-refractivity contribution in [2.75, 3.05) is 6.61 Å². The molecule has 0 aromatic rings. The topological polar surface area (TPSA) is 154 Å². The van der Waals surface area contributed by atoms with Gasteiger partial charge in [-0.2, -0.15) is 0 Å². The fourth-order valence-electron chi connectivity index (χ4n) is 6.69. The van der Waals surface area contributed by atoms with Crippen LogP contribution in [0, 0.1) is 28.6 Å². The van der Waals surface area contributed by atoms with Crippen LogP contribution in [-0.4, -0.2) is 86.1 Å². The summed E-state index contributed by atoms with van der Waals surface area (Å²) in [6.45, 7) is 13.6. The average Bonchev–Trinajstić information content (AvgIpc) is 2.77. The molecule has 0 amide bonds. The molecule has 2 aliphatic carbocycles. The Labute approximate surface area is 213 Å². The Morgan fingerprint density at radius 3 is 2.22 bits per heavy atom. The van der Waals surface area contributed by atoms with Gasteiger partial charge in [0.1, 0.15) is 17.8 Å². The second-order valence-electron chi connectivity index (χ2n) is 12.7. The van der Waals surface area contributed by atoms with Crippen LogP contribution in [-0.2, 0) is 19.1 Å². The first kappa shape index (κ1) is 29.2. The lowest BCUT2D eigenvalue weighted by atomic mass is 9.49. The van der Waals surface area contributed by atoms with E-state index in [2.05, 4.69) is 0 Å². The highest BCUT2D eigenvalue weighted by molar-refractivity contribution is 5.92. The molecule has 1 aliphatic heterocycles. The van der Waals surface area contributed by atoms with Gasteiger partial charge in [-0.25, -0.2) is 4.79 Å². The Bertz CT molecular complexity index is 905. The third kappa shape index (κ3) is 4.56. The highest BCUT2D eigenvalue weighted by Crippen LogP contribution is 2.57. The summed E-state index contributed by atoms with van der Waals surface area (Å²) >= 11 is 0. The molecule has 36 heavy (non-hydrogen) atoms. The highest BCUT2D eigenvalue weighted by atomic mass is 16.6. The summed E-state index contributed by atoms with van der Waals surface area (Å²) < 4.78 is 11.2. The van der Waals surface area contributed by atoms with Crippen LogP contribution in [0.25, 0.3) is 0 Å². The molecule has 0 radical (unpaired) electrons. The van der Waals surface area contributed by atoms with Gasteiger partial charge in [-0.3, -0.25) is 4.79 Å². The number of rotatable bonds is 3. The maximum absolute atomic E-state index is 14.1. The zero-order valence-corrected chi connectivity index (χ0v) is 22.7. The van der Waals surface area contributed by atoms with Crippen molar-refractivity contribution >= 4 is 11.8 Å². The molecule has 0 aromatic carbocycles. The molecule has 1 saturated heterocycles. The summed E-state index contributed by atoms with van der Waals surface area (Å²) in [5, 5.41) is 56.0. The number of Topliss-reactive ketones (excluding diaryl/α,β-unsaturated/α-hetero) is 1. The molecular formula is C27H44O9. The van der Waals surface area contributed by atoms with Gasteiger partial charge in [0.15, 0.2) is 11.9 Å². The first-order chi connectivity index (χ1) is 16.4. The molecule has 10 atom stereocenters. The Balaban J connectivity index is 2.20. The van der Waals surface area contributed by atoms with Gasteiger partial charge < -0.3 is 35.0 Å². The molecule has 1 saturated carbocycles. The summed E-state index contributed by atoms with van der Waals surface area (Å²) in [5.41, 5.74) is -3.06. The second-order valence-corrected chi connectivity index (χ2v) is 12.7. The van der Waals surface area contributed by atoms with Crippen molar-refractivity contribution in [2.45, 2.75) is 110 Å². The molecule has 3 aliphatic rings. The summed E-state index contributed by atoms with van der Waals surface area (Å²) in [6.07, 6.45) is -7.13. The van der Waals surface area contributed by atoms with Crippen LogP contribution in [0.2, 0.25) is 0 Å². The van der Waals surface area contributed by atoms with E-state index < -0.39 is 82.6 Å². The number of hydrogen-bond acceptors (Lipinski definition) is 9. The van der Waals surface area contributed by atoms with Crippen molar-refractivity contribution in [1.29, 1.82) is 0 Å². The zero-order chi connectivity index (χ0) is 27.5. The van der Waals surface area contributed by atoms with Crippen molar-refractivity contribution in [3.63, 3.8) is 0 Å². The maximum atomic E-state index is 14.1. The molecule has 0 spiro atoms. The summed E-state index contributed by atoms with van der Waals surface area (Å²) in [6, 6.07) is 0. The van der Waals surface area contributed by atoms with Gasteiger partial charge in [-0.1, -0.05) is 41.5 Å². The molecule has 9 unspecified atom stereocenters. The molecule has 2 fully saturated rings. The van der Waals surface area contributed by atoms with Gasteiger partial charge in [0.05, 0.1) is 30.3 Å². The lowest BCUT2D eigenvalue weighted by Gasteiger charge is -2.63. The van der Waals surface area contributed by atoms with Gasteiger partial charge in [-0.15, -0.1) is 0 Å². The number of esters is 1. The monoisotopic (exact) mass is 512 g/mol. The van der Waals surface area contributed by atoms with Gasteiger partial charge in [0.2, 0.25) is 0 Å². The quantitative estimate of drug-likeness (QED) is 0.276. The smallest absolute Gasteiger partial charge is 0.335 e. The van der Waals surface area contributed by atoms with E-state index in [9.17, 15) is 35.1 Å². The van der Waals surface area contributed by atoms with E-state index in [-0.39, 0.29) is 19.4 Å². The summed E-state index contributed by atoms with van der Waals surface area (Å²) in [7, 11) is 0. The predicted octanol–water partition coefficient (Wildman–Crippen LogP) is 1.13. The average molecular weight is 513 g/mol. The molecule has 0 bridgehead atoms. The molecular weight excluding hydrogens is 468 g/mol. The molecule has 1 heterocycles. The van der Waals surface area contributed by atoms with Crippen molar-refractivity contribution in [3.8, 4) is 0 Å². The number of ketones is 1. The minimum atomic E-state index is -1.65. The lowest BCUT2D eigenvalue weighted by molar-refractivity contribution is -0.325. The largest absolute Gasteiger partial charge is 0.456 e. The fraction of sp³-hybridized carbons (Fsp3) is 0.852. The van der Waals surface area contributed by atoms with Gasteiger partial charge in [-0.05, 0) is 42.2 Å².